The van der Waals surface area contributed by atoms with E-state index in [4.69, 9.17) is 4.74 Å². The molecule has 1 saturated heterocycles. The quantitative estimate of drug-likeness (QED) is 0.590. The molecule has 0 atom stereocenters. The number of nitrogens with zero attached hydrogens (tertiary/aromatic N) is 1. The number of carbonyl (C=O) groups excluding carboxylic acids is 2. The maximum atomic E-state index is 12.3. The van der Waals surface area contributed by atoms with Crippen LogP contribution in [0.15, 0.2) is 0 Å². The Hall–Kier alpha value is -1.06. The molecule has 0 aromatic carbocycles. The van der Waals surface area contributed by atoms with Crippen LogP contribution in [-0.2, 0) is 14.3 Å². The lowest BCUT2D eigenvalue weighted by Crippen LogP contribution is -2.41. The van der Waals surface area contributed by atoms with Gasteiger partial charge in [-0.1, -0.05) is 25.7 Å². The third-order valence-corrected chi connectivity index (χ3v) is 4.82. The molecule has 0 spiro atoms. The van der Waals surface area contributed by atoms with Crippen LogP contribution in [-0.4, -0.2) is 37.0 Å². The van der Waals surface area contributed by atoms with Crippen LogP contribution in [0, 0.1) is 11.8 Å². The van der Waals surface area contributed by atoms with E-state index >= 15 is 0 Å². The number of likely N-dealkylation sites (tertiary alicyclic amines) is 1. The molecule has 1 aliphatic heterocycles. The summed E-state index contributed by atoms with van der Waals surface area (Å²) < 4.78 is 4.78. The van der Waals surface area contributed by atoms with Crippen molar-refractivity contribution in [1.29, 1.82) is 0 Å². The van der Waals surface area contributed by atoms with Crippen LogP contribution in [0.4, 0.5) is 0 Å². The Morgan fingerprint density at radius 3 is 2.15 bits per heavy atom. The fourth-order valence-electron chi connectivity index (χ4n) is 3.48. The van der Waals surface area contributed by atoms with Crippen molar-refractivity contribution in [3.63, 3.8) is 0 Å². The maximum Gasteiger partial charge on any atom is 0.308 e. The van der Waals surface area contributed by atoms with E-state index in [9.17, 15) is 9.59 Å². The van der Waals surface area contributed by atoms with Crippen molar-refractivity contribution < 1.29 is 14.3 Å². The van der Waals surface area contributed by atoms with E-state index < -0.39 is 0 Å². The summed E-state index contributed by atoms with van der Waals surface area (Å²) in [5, 5.41) is 0. The van der Waals surface area contributed by atoms with E-state index in [0.717, 1.165) is 12.8 Å². The first-order valence-electron chi connectivity index (χ1n) is 8.06. The van der Waals surface area contributed by atoms with E-state index in [2.05, 4.69) is 0 Å². The fourth-order valence-corrected chi connectivity index (χ4v) is 3.48. The summed E-state index contributed by atoms with van der Waals surface area (Å²) in [6.07, 6.45) is 9.86. The van der Waals surface area contributed by atoms with Crippen LogP contribution >= 0.6 is 0 Å². The average Bonchev–Trinajstić information content (AvgIpc) is 2.75. The summed E-state index contributed by atoms with van der Waals surface area (Å²) in [5.74, 6) is 0.742. The van der Waals surface area contributed by atoms with Gasteiger partial charge in [-0.3, -0.25) is 9.59 Å². The Bertz CT molecular complexity index is 327. The average molecular weight is 281 g/mol. The molecule has 1 amide bonds. The van der Waals surface area contributed by atoms with Gasteiger partial charge in [-0.2, -0.15) is 0 Å². The SMILES string of the molecule is COC(=O)C1CCN(C(=O)CC2CCCCCC2)CC1. The van der Waals surface area contributed by atoms with Crippen LogP contribution < -0.4 is 0 Å². The first-order chi connectivity index (χ1) is 9.70. The monoisotopic (exact) mass is 281 g/mol. The lowest BCUT2D eigenvalue weighted by molar-refractivity contribution is -0.149. The second-order valence-corrected chi connectivity index (χ2v) is 6.24. The van der Waals surface area contributed by atoms with Crippen molar-refractivity contribution in [1.82, 2.24) is 4.90 Å². The number of carbonyl (C=O) groups is 2. The van der Waals surface area contributed by atoms with Crippen LogP contribution in [0.1, 0.15) is 57.8 Å². The van der Waals surface area contributed by atoms with Gasteiger partial charge in [0.05, 0.1) is 13.0 Å². The highest BCUT2D eigenvalue weighted by molar-refractivity contribution is 5.77. The molecule has 1 saturated carbocycles. The minimum atomic E-state index is -0.124. The Morgan fingerprint density at radius 2 is 1.60 bits per heavy atom. The Kier molecular flexibility index (Phi) is 5.86. The van der Waals surface area contributed by atoms with Gasteiger partial charge in [0.1, 0.15) is 0 Å². The normalized spacial score (nSPS) is 22.4. The van der Waals surface area contributed by atoms with Gasteiger partial charge in [0.2, 0.25) is 5.91 Å². The molecular weight excluding hydrogens is 254 g/mol. The van der Waals surface area contributed by atoms with Gasteiger partial charge in [0.15, 0.2) is 0 Å². The second-order valence-electron chi connectivity index (χ2n) is 6.24. The number of hydrogen-bond donors (Lipinski definition) is 0. The van der Waals surface area contributed by atoms with E-state index in [1.165, 1.54) is 45.6 Å². The highest BCUT2D eigenvalue weighted by atomic mass is 16.5. The van der Waals surface area contributed by atoms with Crippen LogP contribution in [0.2, 0.25) is 0 Å². The van der Waals surface area contributed by atoms with Crippen molar-refractivity contribution in [3.05, 3.63) is 0 Å². The molecule has 0 N–H and O–H groups in total. The van der Waals surface area contributed by atoms with Gasteiger partial charge in [0.25, 0.3) is 0 Å². The summed E-state index contributed by atoms with van der Waals surface area (Å²) in [6, 6.07) is 0. The zero-order valence-electron chi connectivity index (χ0n) is 12.6. The molecule has 2 rings (SSSR count). The molecule has 4 nitrogen and oxygen atoms in total. The molecule has 4 heteroatoms. The highest BCUT2D eigenvalue weighted by Crippen LogP contribution is 2.27. The lowest BCUT2D eigenvalue weighted by atomic mass is 9.93. The number of amides is 1. The molecule has 1 aliphatic carbocycles. The van der Waals surface area contributed by atoms with Crippen LogP contribution in [0.3, 0.4) is 0 Å². The fraction of sp³-hybridized carbons (Fsp3) is 0.875. The second kappa shape index (κ2) is 7.65. The molecule has 1 heterocycles. The first kappa shape index (κ1) is 15.3. The summed E-state index contributed by atoms with van der Waals surface area (Å²) >= 11 is 0. The molecule has 0 aromatic rings. The molecule has 0 aromatic heterocycles. The lowest BCUT2D eigenvalue weighted by Gasteiger charge is -2.31. The summed E-state index contributed by atoms with van der Waals surface area (Å²) in [5.41, 5.74) is 0. The summed E-state index contributed by atoms with van der Waals surface area (Å²) in [4.78, 5) is 25.8. The number of piperidine rings is 1. The standard InChI is InChI=1S/C16H27NO3/c1-20-16(19)14-8-10-17(11-9-14)15(18)12-13-6-4-2-3-5-7-13/h13-14H,2-12H2,1H3. The number of hydrogen-bond acceptors (Lipinski definition) is 3. The van der Waals surface area contributed by atoms with E-state index in [-0.39, 0.29) is 11.9 Å². The van der Waals surface area contributed by atoms with Crippen molar-refractivity contribution in [3.8, 4) is 0 Å². The van der Waals surface area contributed by atoms with E-state index in [1.54, 1.807) is 0 Å². The Balaban J connectivity index is 1.75. The largest absolute Gasteiger partial charge is 0.469 e. The molecule has 114 valence electrons. The molecule has 20 heavy (non-hydrogen) atoms. The number of methoxy groups -OCH3 is 1. The topological polar surface area (TPSA) is 46.6 Å². The van der Waals surface area contributed by atoms with Gasteiger partial charge < -0.3 is 9.64 Å². The van der Waals surface area contributed by atoms with Crippen LogP contribution in [0.5, 0.6) is 0 Å². The minimum Gasteiger partial charge on any atom is -0.469 e. The van der Waals surface area contributed by atoms with Gasteiger partial charge in [-0.15, -0.1) is 0 Å². The highest BCUT2D eigenvalue weighted by Gasteiger charge is 2.28. The molecule has 2 fully saturated rings. The Morgan fingerprint density at radius 1 is 1.00 bits per heavy atom. The minimum absolute atomic E-state index is 0.0121. The van der Waals surface area contributed by atoms with E-state index in [0.29, 0.717) is 31.3 Å². The molecule has 0 radical (unpaired) electrons. The van der Waals surface area contributed by atoms with Gasteiger partial charge in [-0.25, -0.2) is 0 Å². The molecule has 0 bridgehead atoms. The number of esters is 1. The number of rotatable bonds is 3. The smallest absolute Gasteiger partial charge is 0.308 e. The zero-order valence-corrected chi connectivity index (χ0v) is 12.6. The van der Waals surface area contributed by atoms with Gasteiger partial charge in [-0.05, 0) is 31.6 Å². The van der Waals surface area contributed by atoms with Gasteiger partial charge >= 0.3 is 5.97 Å². The summed E-state index contributed by atoms with van der Waals surface area (Å²) in [6.45, 7) is 1.43. The predicted octanol–water partition coefficient (Wildman–Crippen LogP) is 2.76. The third kappa shape index (κ3) is 4.22. The van der Waals surface area contributed by atoms with Crippen molar-refractivity contribution >= 4 is 11.9 Å². The van der Waals surface area contributed by atoms with Crippen molar-refractivity contribution in [2.45, 2.75) is 57.8 Å². The van der Waals surface area contributed by atoms with E-state index in [1.807, 2.05) is 4.90 Å². The van der Waals surface area contributed by atoms with Crippen molar-refractivity contribution in [2.75, 3.05) is 20.2 Å². The predicted molar refractivity (Wildman–Crippen MR) is 77.1 cm³/mol. The van der Waals surface area contributed by atoms with Crippen molar-refractivity contribution in [2.24, 2.45) is 11.8 Å². The maximum absolute atomic E-state index is 12.3. The Labute approximate surface area is 121 Å². The zero-order chi connectivity index (χ0) is 14.4. The van der Waals surface area contributed by atoms with Crippen LogP contribution in [0.25, 0.3) is 0 Å². The first-order valence-corrected chi connectivity index (χ1v) is 8.06. The third-order valence-electron chi connectivity index (χ3n) is 4.82. The molecule has 0 unspecified atom stereocenters. The summed E-state index contributed by atoms with van der Waals surface area (Å²) in [7, 11) is 1.44. The van der Waals surface area contributed by atoms with Gasteiger partial charge in [0, 0.05) is 19.5 Å². The number of ether oxygens (including phenoxy) is 1. The molecular formula is C16H27NO3. The molecule has 2 aliphatic rings.